The van der Waals surface area contributed by atoms with Crippen LogP contribution in [0.2, 0.25) is 0 Å². The summed E-state index contributed by atoms with van der Waals surface area (Å²) < 4.78 is 1.97. The minimum Gasteiger partial charge on any atom is -0.349 e. The second kappa shape index (κ2) is 7.53. The number of nitrogens with one attached hydrogen (secondary N) is 2. The smallest absolute Gasteiger partial charge is 0.234 e. The number of carbonyl (C=O) groups excluding carboxylic acids is 1. The zero-order valence-corrected chi connectivity index (χ0v) is 14.2. The number of hydrogen-bond acceptors (Lipinski definition) is 5. The monoisotopic (exact) mass is 328 g/mol. The predicted octanol–water partition coefficient (Wildman–Crippen LogP) is 1.02. The zero-order valence-electron chi connectivity index (χ0n) is 14.2. The van der Waals surface area contributed by atoms with E-state index in [0.717, 1.165) is 36.7 Å². The maximum Gasteiger partial charge on any atom is 0.234 e. The van der Waals surface area contributed by atoms with E-state index in [4.69, 9.17) is 0 Å². The Morgan fingerprint density at radius 1 is 1.42 bits per heavy atom. The van der Waals surface area contributed by atoms with Crippen molar-refractivity contribution in [1.29, 1.82) is 0 Å². The molecule has 0 saturated carbocycles. The van der Waals surface area contributed by atoms with Gasteiger partial charge in [0.05, 0.1) is 25.3 Å². The highest BCUT2D eigenvalue weighted by Gasteiger charge is 2.22. The Morgan fingerprint density at radius 2 is 2.29 bits per heavy atom. The van der Waals surface area contributed by atoms with Crippen LogP contribution in [0.1, 0.15) is 43.5 Å². The van der Waals surface area contributed by atoms with E-state index in [-0.39, 0.29) is 11.9 Å². The summed E-state index contributed by atoms with van der Waals surface area (Å²) >= 11 is 0. The van der Waals surface area contributed by atoms with E-state index in [1.165, 1.54) is 0 Å². The normalized spacial score (nSPS) is 16.9. The number of rotatable bonds is 6. The molecule has 3 rings (SSSR count). The third-order valence-electron chi connectivity index (χ3n) is 4.13. The van der Waals surface area contributed by atoms with Gasteiger partial charge in [0.2, 0.25) is 5.91 Å². The molecule has 0 unspecified atom stereocenters. The first-order chi connectivity index (χ1) is 11.6. The quantitative estimate of drug-likeness (QED) is 0.827. The summed E-state index contributed by atoms with van der Waals surface area (Å²) in [6, 6.07) is 5.92. The molecule has 1 aliphatic heterocycles. The van der Waals surface area contributed by atoms with Crippen molar-refractivity contribution in [2.45, 2.75) is 51.7 Å². The van der Waals surface area contributed by atoms with Gasteiger partial charge in [-0.2, -0.15) is 5.10 Å². The van der Waals surface area contributed by atoms with Crippen LogP contribution in [0.4, 0.5) is 0 Å². The molecule has 128 valence electrons. The van der Waals surface area contributed by atoms with Gasteiger partial charge in [0.25, 0.3) is 0 Å². The van der Waals surface area contributed by atoms with E-state index in [1.54, 1.807) is 6.20 Å². The number of amides is 1. The number of hydrogen-bond donors (Lipinski definition) is 2. The van der Waals surface area contributed by atoms with Crippen LogP contribution in [0, 0.1) is 0 Å². The Bertz CT molecular complexity index is 682. The van der Waals surface area contributed by atoms with Crippen molar-refractivity contribution in [2.24, 2.45) is 0 Å². The lowest BCUT2D eigenvalue weighted by Gasteiger charge is -2.23. The Labute approximate surface area is 141 Å². The summed E-state index contributed by atoms with van der Waals surface area (Å²) in [4.78, 5) is 20.7. The van der Waals surface area contributed by atoms with Crippen molar-refractivity contribution < 1.29 is 4.79 Å². The lowest BCUT2D eigenvalue weighted by molar-refractivity contribution is -0.120. The van der Waals surface area contributed by atoms with Gasteiger partial charge in [0.1, 0.15) is 5.82 Å². The largest absolute Gasteiger partial charge is 0.349 e. The fourth-order valence-corrected chi connectivity index (χ4v) is 2.73. The molecule has 0 spiro atoms. The summed E-state index contributed by atoms with van der Waals surface area (Å²) in [6.07, 6.45) is 3.60. The molecule has 0 saturated heterocycles. The molecule has 0 radical (unpaired) electrons. The maximum atomic E-state index is 12.0. The number of pyridine rings is 1. The van der Waals surface area contributed by atoms with Crippen LogP contribution >= 0.6 is 0 Å². The molecule has 24 heavy (non-hydrogen) atoms. The molecule has 1 aliphatic rings. The highest BCUT2D eigenvalue weighted by Crippen LogP contribution is 2.16. The standard InChI is InChI=1S/C17H24N6O/c1-12(2)17-21-15-7-6-14(11-23(15)22-17)19-10-16(24)20-9-13-5-3-4-8-18-13/h3-5,8,12,14,19H,6-7,9-11H2,1-2H3,(H,20,24)/t14-/m1/s1. The second-order valence-electron chi connectivity index (χ2n) is 6.44. The van der Waals surface area contributed by atoms with Crippen LogP contribution in [-0.4, -0.2) is 38.2 Å². The number of nitrogens with zero attached hydrogens (tertiary/aromatic N) is 4. The van der Waals surface area contributed by atoms with E-state index in [9.17, 15) is 4.79 Å². The highest BCUT2D eigenvalue weighted by atomic mass is 16.1. The first-order valence-corrected chi connectivity index (χ1v) is 8.45. The Morgan fingerprint density at radius 3 is 3.04 bits per heavy atom. The molecule has 3 heterocycles. The number of aryl methyl sites for hydroxylation is 1. The summed E-state index contributed by atoms with van der Waals surface area (Å²) in [5.41, 5.74) is 0.858. The molecule has 0 fully saturated rings. The Balaban J connectivity index is 1.44. The second-order valence-corrected chi connectivity index (χ2v) is 6.44. The van der Waals surface area contributed by atoms with Crippen molar-refractivity contribution in [1.82, 2.24) is 30.4 Å². The third-order valence-corrected chi connectivity index (χ3v) is 4.13. The number of aromatic nitrogens is 4. The molecular weight excluding hydrogens is 304 g/mol. The minimum absolute atomic E-state index is 0.0205. The van der Waals surface area contributed by atoms with Gasteiger partial charge in [0, 0.05) is 24.6 Å². The van der Waals surface area contributed by atoms with Crippen molar-refractivity contribution in [3.05, 3.63) is 41.7 Å². The van der Waals surface area contributed by atoms with Gasteiger partial charge in [-0.05, 0) is 18.6 Å². The number of fused-ring (bicyclic) bond motifs is 1. The van der Waals surface area contributed by atoms with Crippen molar-refractivity contribution >= 4 is 5.91 Å². The van der Waals surface area contributed by atoms with Crippen LogP contribution in [0.3, 0.4) is 0 Å². The lowest BCUT2D eigenvalue weighted by Crippen LogP contribution is -2.43. The third kappa shape index (κ3) is 4.17. The van der Waals surface area contributed by atoms with Crippen molar-refractivity contribution in [3.8, 4) is 0 Å². The van der Waals surface area contributed by atoms with Crippen LogP contribution < -0.4 is 10.6 Å². The summed E-state index contributed by atoms with van der Waals surface area (Å²) in [5.74, 6) is 2.27. The fraction of sp³-hybridized carbons (Fsp3) is 0.529. The van der Waals surface area contributed by atoms with Gasteiger partial charge in [-0.15, -0.1) is 0 Å². The highest BCUT2D eigenvalue weighted by molar-refractivity contribution is 5.77. The molecule has 2 aromatic heterocycles. The van der Waals surface area contributed by atoms with E-state index in [1.807, 2.05) is 22.9 Å². The van der Waals surface area contributed by atoms with Gasteiger partial charge in [0.15, 0.2) is 5.82 Å². The van der Waals surface area contributed by atoms with E-state index >= 15 is 0 Å². The molecular formula is C17H24N6O. The van der Waals surface area contributed by atoms with Gasteiger partial charge >= 0.3 is 0 Å². The van der Waals surface area contributed by atoms with E-state index < -0.39 is 0 Å². The van der Waals surface area contributed by atoms with Crippen LogP contribution in [-0.2, 0) is 24.3 Å². The van der Waals surface area contributed by atoms with Crippen LogP contribution in [0.25, 0.3) is 0 Å². The molecule has 0 aliphatic carbocycles. The van der Waals surface area contributed by atoms with Crippen molar-refractivity contribution in [2.75, 3.05) is 6.54 Å². The zero-order chi connectivity index (χ0) is 16.9. The van der Waals surface area contributed by atoms with Crippen LogP contribution in [0.15, 0.2) is 24.4 Å². The molecule has 1 atom stereocenters. The SMILES string of the molecule is CC(C)c1nc2n(n1)C[C@H](NCC(=O)NCc1ccccn1)CC2. The summed E-state index contributed by atoms with van der Waals surface area (Å²) in [5, 5.41) is 10.8. The van der Waals surface area contributed by atoms with Gasteiger partial charge < -0.3 is 10.6 Å². The van der Waals surface area contributed by atoms with Crippen molar-refractivity contribution in [3.63, 3.8) is 0 Å². The first-order valence-electron chi connectivity index (χ1n) is 8.45. The van der Waals surface area contributed by atoms with Gasteiger partial charge in [-0.3, -0.25) is 9.78 Å². The summed E-state index contributed by atoms with van der Waals surface area (Å²) in [7, 11) is 0. The van der Waals surface area contributed by atoms with Gasteiger partial charge in [-0.1, -0.05) is 19.9 Å². The molecule has 0 aromatic carbocycles. The molecule has 2 aromatic rings. The van der Waals surface area contributed by atoms with E-state index in [2.05, 4.69) is 39.5 Å². The lowest BCUT2D eigenvalue weighted by atomic mass is 10.1. The average Bonchev–Trinajstić information content (AvgIpc) is 3.02. The molecule has 2 N–H and O–H groups in total. The molecule has 7 heteroatoms. The molecule has 7 nitrogen and oxygen atoms in total. The molecule has 1 amide bonds. The first kappa shape index (κ1) is 16.6. The Hall–Kier alpha value is -2.28. The van der Waals surface area contributed by atoms with Crippen LogP contribution in [0.5, 0.6) is 0 Å². The number of carbonyl (C=O) groups is 1. The minimum atomic E-state index is -0.0205. The fourth-order valence-electron chi connectivity index (χ4n) is 2.73. The maximum absolute atomic E-state index is 12.0. The molecule has 0 bridgehead atoms. The van der Waals surface area contributed by atoms with Gasteiger partial charge in [-0.25, -0.2) is 9.67 Å². The average molecular weight is 328 g/mol. The summed E-state index contributed by atoms with van der Waals surface area (Å²) in [6.45, 7) is 5.73. The van der Waals surface area contributed by atoms with E-state index in [0.29, 0.717) is 19.0 Å². The topological polar surface area (TPSA) is 84.7 Å². The predicted molar refractivity (Wildman–Crippen MR) is 90.3 cm³/mol. The Kier molecular flexibility index (Phi) is 5.20.